The summed E-state index contributed by atoms with van der Waals surface area (Å²) < 4.78 is 10.6. The molecule has 140 valence electrons. The Kier molecular flexibility index (Phi) is 6.08. The Balaban J connectivity index is 1.54. The molecule has 0 bridgehead atoms. The average molecular weight is 386 g/mol. The lowest BCUT2D eigenvalue weighted by molar-refractivity contribution is -0.116. The smallest absolute Gasteiger partial charge is 0.226 e. The largest absolute Gasteiger partial charge is 0.496 e. The van der Waals surface area contributed by atoms with Crippen LogP contribution in [0.4, 0.5) is 5.69 Å². The molecule has 0 saturated carbocycles. The van der Waals surface area contributed by atoms with E-state index in [-0.39, 0.29) is 5.91 Å². The zero-order valence-electron chi connectivity index (χ0n) is 15.2. The Bertz CT molecular complexity index is 940. The van der Waals surface area contributed by atoms with Crippen LogP contribution in [0.2, 0.25) is 5.02 Å². The Morgan fingerprint density at radius 3 is 2.89 bits per heavy atom. The van der Waals surface area contributed by atoms with Gasteiger partial charge in [-0.3, -0.25) is 4.79 Å². The predicted molar refractivity (Wildman–Crippen MR) is 104 cm³/mol. The third-order valence-corrected chi connectivity index (χ3v) is 4.32. The quantitative estimate of drug-likeness (QED) is 0.639. The normalized spacial score (nSPS) is 10.6. The minimum absolute atomic E-state index is 0.0789. The van der Waals surface area contributed by atoms with E-state index in [9.17, 15) is 4.79 Å². The van der Waals surface area contributed by atoms with Crippen LogP contribution < -0.4 is 10.1 Å². The first kappa shape index (κ1) is 18.9. The number of carbonyl (C=O) groups excluding carboxylic acids is 1. The number of anilines is 1. The highest BCUT2D eigenvalue weighted by atomic mass is 35.5. The summed E-state index contributed by atoms with van der Waals surface area (Å²) in [4.78, 5) is 16.5. The lowest BCUT2D eigenvalue weighted by Gasteiger charge is -2.08. The molecule has 27 heavy (non-hydrogen) atoms. The van der Waals surface area contributed by atoms with Crippen LogP contribution in [0.3, 0.4) is 0 Å². The SMILES string of the molecule is COc1ccccc1-c1noc(CCCC(=O)Nc2cc(Cl)ccc2C)n1. The van der Waals surface area contributed by atoms with Gasteiger partial charge < -0.3 is 14.6 Å². The number of carbonyl (C=O) groups is 1. The predicted octanol–water partition coefficient (Wildman–Crippen LogP) is 4.67. The highest BCUT2D eigenvalue weighted by Crippen LogP contribution is 2.27. The molecule has 7 heteroatoms. The third kappa shape index (κ3) is 4.86. The molecule has 6 nitrogen and oxygen atoms in total. The van der Waals surface area contributed by atoms with Crippen molar-refractivity contribution in [2.75, 3.05) is 12.4 Å². The van der Waals surface area contributed by atoms with Crippen LogP contribution in [-0.2, 0) is 11.2 Å². The van der Waals surface area contributed by atoms with Gasteiger partial charge in [0.25, 0.3) is 0 Å². The number of aryl methyl sites for hydroxylation is 2. The molecule has 1 N–H and O–H groups in total. The molecule has 0 spiro atoms. The number of halogens is 1. The Labute approximate surface area is 162 Å². The highest BCUT2D eigenvalue weighted by molar-refractivity contribution is 6.31. The highest BCUT2D eigenvalue weighted by Gasteiger charge is 2.13. The van der Waals surface area contributed by atoms with Gasteiger partial charge in [0.1, 0.15) is 5.75 Å². The fourth-order valence-electron chi connectivity index (χ4n) is 2.64. The van der Waals surface area contributed by atoms with Crippen LogP contribution in [-0.4, -0.2) is 23.2 Å². The average Bonchev–Trinajstić information content (AvgIpc) is 3.13. The number of hydrogen-bond acceptors (Lipinski definition) is 5. The van der Waals surface area contributed by atoms with Gasteiger partial charge in [-0.05, 0) is 43.2 Å². The van der Waals surface area contributed by atoms with Crippen LogP contribution >= 0.6 is 11.6 Å². The van der Waals surface area contributed by atoms with Crippen molar-refractivity contribution in [1.29, 1.82) is 0 Å². The molecule has 1 heterocycles. The van der Waals surface area contributed by atoms with Crippen LogP contribution in [0, 0.1) is 6.92 Å². The van der Waals surface area contributed by atoms with Crippen LogP contribution in [0.1, 0.15) is 24.3 Å². The second-order valence-electron chi connectivity index (χ2n) is 6.07. The number of methoxy groups -OCH3 is 1. The van der Waals surface area contributed by atoms with Crippen LogP contribution in [0.5, 0.6) is 5.75 Å². The number of hydrogen-bond donors (Lipinski definition) is 1. The molecule has 1 aromatic heterocycles. The van der Waals surface area contributed by atoms with E-state index in [0.717, 1.165) is 16.8 Å². The maximum Gasteiger partial charge on any atom is 0.226 e. The fourth-order valence-corrected chi connectivity index (χ4v) is 2.81. The Hall–Kier alpha value is -2.86. The van der Waals surface area contributed by atoms with E-state index in [1.54, 1.807) is 19.2 Å². The van der Waals surface area contributed by atoms with Gasteiger partial charge in [0.05, 0.1) is 12.7 Å². The number of nitrogens with zero attached hydrogens (tertiary/aromatic N) is 2. The summed E-state index contributed by atoms with van der Waals surface area (Å²) in [5.41, 5.74) is 2.46. The van der Waals surface area contributed by atoms with E-state index in [1.165, 1.54) is 0 Å². The van der Waals surface area contributed by atoms with Gasteiger partial charge in [0.15, 0.2) is 0 Å². The number of benzene rings is 2. The summed E-state index contributed by atoms with van der Waals surface area (Å²) >= 11 is 5.97. The van der Waals surface area contributed by atoms with E-state index >= 15 is 0 Å². The summed E-state index contributed by atoms with van der Waals surface area (Å²) in [7, 11) is 1.60. The lowest BCUT2D eigenvalue weighted by atomic mass is 10.2. The monoisotopic (exact) mass is 385 g/mol. The molecular formula is C20H20ClN3O3. The third-order valence-electron chi connectivity index (χ3n) is 4.08. The molecule has 0 saturated heterocycles. The molecule has 1 amide bonds. The van der Waals surface area contributed by atoms with Gasteiger partial charge in [-0.2, -0.15) is 4.98 Å². The second-order valence-corrected chi connectivity index (χ2v) is 6.51. The molecule has 0 radical (unpaired) electrons. The first-order chi connectivity index (χ1) is 13.1. The van der Waals surface area contributed by atoms with E-state index in [1.807, 2.05) is 37.3 Å². The van der Waals surface area contributed by atoms with Crippen molar-refractivity contribution in [3.8, 4) is 17.1 Å². The number of amides is 1. The number of ether oxygens (including phenoxy) is 1. The number of para-hydroxylation sites is 1. The molecule has 0 aliphatic rings. The van der Waals surface area contributed by atoms with Gasteiger partial charge in [0, 0.05) is 23.6 Å². The van der Waals surface area contributed by atoms with Crippen LogP contribution in [0.15, 0.2) is 47.0 Å². The molecule has 2 aromatic carbocycles. The molecule has 3 aromatic rings. The molecule has 3 rings (SSSR count). The summed E-state index contributed by atoms with van der Waals surface area (Å²) in [6.45, 7) is 1.92. The maximum absolute atomic E-state index is 12.1. The zero-order valence-corrected chi connectivity index (χ0v) is 15.9. The Morgan fingerprint density at radius 2 is 2.07 bits per heavy atom. The first-order valence-electron chi connectivity index (χ1n) is 8.59. The molecule has 0 fully saturated rings. The van der Waals surface area contributed by atoms with Gasteiger partial charge >= 0.3 is 0 Å². The van der Waals surface area contributed by atoms with E-state index in [0.29, 0.717) is 41.7 Å². The summed E-state index contributed by atoms with van der Waals surface area (Å²) in [6, 6.07) is 12.9. The van der Waals surface area contributed by atoms with Crippen molar-refractivity contribution in [1.82, 2.24) is 10.1 Å². The lowest BCUT2D eigenvalue weighted by Crippen LogP contribution is -2.12. The zero-order chi connectivity index (χ0) is 19.2. The molecule has 0 unspecified atom stereocenters. The molecule has 0 aliphatic heterocycles. The van der Waals surface area contributed by atoms with Crippen molar-refractivity contribution in [2.45, 2.75) is 26.2 Å². The van der Waals surface area contributed by atoms with Crippen molar-refractivity contribution in [2.24, 2.45) is 0 Å². The van der Waals surface area contributed by atoms with Gasteiger partial charge in [-0.25, -0.2) is 0 Å². The van der Waals surface area contributed by atoms with Crippen molar-refractivity contribution in [3.05, 3.63) is 58.9 Å². The summed E-state index contributed by atoms with van der Waals surface area (Å²) in [6.07, 6.45) is 1.46. The Morgan fingerprint density at radius 1 is 1.26 bits per heavy atom. The van der Waals surface area contributed by atoms with E-state index in [2.05, 4.69) is 15.5 Å². The van der Waals surface area contributed by atoms with Gasteiger partial charge in [-0.1, -0.05) is 35.0 Å². The molecular weight excluding hydrogens is 366 g/mol. The fraction of sp³-hybridized carbons (Fsp3) is 0.250. The number of nitrogens with one attached hydrogen (secondary N) is 1. The molecule has 0 aliphatic carbocycles. The minimum atomic E-state index is -0.0789. The van der Waals surface area contributed by atoms with Crippen molar-refractivity contribution >= 4 is 23.2 Å². The van der Waals surface area contributed by atoms with Gasteiger partial charge in [-0.15, -0.1) is 0 Å². The van der Waals surface area contributed by atoms with E-state index in [4.69, 9.17) is 20.9 Å². The standard InChI is InChI=1S/C20H20ClN3O3/c1-13-10-11-14(21)12-16(13)22-18(25)8-5-9-19-23-20(24-27-19)15-6-3-4-7-17(15)26-2/h3-4,6-7,10-12H,5,8-9H2,1-2H3,(H,22,25). The van der Waals surface area contributed by atoms with Crippen molar-refractivity contribution in [3.63, 3.8) is 0 Å². The van der Waals surface area contributed by atoms with Crippen molar-refractivity contribution < 1.29 is 14.1 Å². The van der Waals surface area contributed by atoms with E-state index < -0.39 is 0 Å². The second kappa shape index (κ2) is 8.68. The maximum atomic E-state index is 12.1. The summed E-state index contributed by atoms with van der Waals surface area (Å²) in [5.74, 6) is 1.56. The topological polar surface area (TPSA) is 77.2 Å². The molecule has 0 atom stereocenters. The first-order valence-corrected chi connectivity index (χ1v) is 8.96. The van der Waals surface area contributed by atoms with Crippen LogP contribution in [0.25, 0.3) is 11.4 Å². The summed E-state index contributed by atoms with van der Waals surface area (Å²) in [5, 5.41) is 7.47. The number of rotatable bonds is 7. The number of aromatic nitrogens is 2. The minimum Gasteiger partial charge on any atom is -0.496 e. The van der Waals surface area contributed by atoms with Gasteiger partial charge in [0.2, 0.25) is 17.6 Å².